The number of carbonyl (C=O) groups excluding carboxylic acids is 2. The Morgan fingerprint density at radius 3 is 2.45 bits per heavy atom. The summed E-state index contributed by atoms with van der Waals surface area (Å²) in [6.45, 7) is 5.76. The van der Waals surface area contributed by atoms with E-state index in [1.165, 1.54) is 22.7 Å². The zero-order valence-corrected chi connectivity index (χ0v) is 18.3. The van der Waals surface area contributed by atoms with Crippen molar-refractivity contribution in [3.05, 3.63) is 51.5 Å². The summed E-state index contributed by atoms with van der Waals surface area (Å²) in [6, 6.07) is 10.5. The zero-order valence-electron chi connectivity index (χ0n) is 16.7. The molecular formula is C21H23N3O3S2. The molecule has 2 amide bonds. The molecule has 2 heterocycles. The quantitative estimate of drug-likeness (QED) is 0.576. The van der Waals surface area contributed by atoms with Crippen LogP contribution in [0.1, 0.15) is 28.4 Å². The van der Waals surface area contributed by atoms with E-state index >= 15 is 0 Å². The number of aromatic nitrogens is 1. The SMILES string of the molecule is COc1ccc(-c2nc(NC(=O)C(NC(=O)c3cccs3)C(C)C)sc2C)cc1. The number of thiazole rings is 1. The molecule has 0 saturated heterocycles. The molecule has 2 aromatic heterocycles. The van der Waals surface area contributed by atoms with E-state index in [0.717, 1.165) is 21.9 Å². The third kappa shape index (κ3) is 5.02. The van der Waals surface area contributed by atoms with E-state index < -0.39 is 6.04 Å². The van der Waals surface area contributed by atoms with Gasteiger partial charge in [-0.1, -0.05) is 19.9 Å². The van der Waals surface area contributed by atoms with E-state index in [-0.39, 0.29) is 17.7 Å². The summed E-state index contributed by atoms with van der Waals surface area (Å²) in [5.74, 6) is 0.181. The van der Waals surface area contributed by atoms with Crippen molar-refractivity contribution in [3.63, 3.8) is 0 Å². The molecule has 0 aliphatic rings. The van der Waals surface area contributed by atoms with Crippen LogP contribution in [0.3, 0.4) is 0 Å². The van der Waals surface area contributed by atoms with Gasteiger partial charge in [-0.15, -0.1) is 22.7 Å². The summed E-state index contributed by atoms with van der Waals surface area (Å²) >= 11 is 2.75. The first-order valence-electron chi connectivity index (χ1n) is 9.16. The van der Waals surface area contributed by atoms with Crippen LogP contribution in [0.25, 0.3) is 11.3 Å². The second-order valence-electron chi connectivity index (χ2n) is 6.81. The van der Waals surface area contributed by atoms with Crippen molar-refractivity contribution in [1.29, 1.82) is 0 Å². The van der Waals surface area contributed by atoms with Crippen LogP contribution in [0.15, 0.2) is 41.8 Å². The summed E-state index contributed by atoms with van der Waals surface area (Å²) in [5, 5.41) is 8.03. The summed E-state index contributed by atoms with van der Waals surface area (Å²) in [4.78, 5) is 31.4. The molecule has 3 aromatic rings. The largest absolute Gasteiger partial charge is 0.497 e. The molecule has 152 valence electrons. The Kier molecular flexibility index (Phi) is 6.66. The van der Waals surface area contributed by atoms with Gasteiger partial charge in [0.1, 0.15) is 11.8 Å². The number of carbonyl (C=O) groups is 2. The van der Waals surface area contributed by atoms with Crippen LogP contribution in [0.2, 0.25) is 0 Å². The monoisotopic (exact) mass is 429 g/mol. The van der Waals surface area contributed by atoms with Crippen molar-refractivity contribution in [2.24, 2.45) is 5.92 Å². The number of methoxy groups -OCH3 is 1. The van der Waals surface area contributed by atoms with Gasteiger partial charge in [0.05, 0.1) is 17.7 Å². The maximum Gasteiger partial charge on any atom is 0.262 e. The lowest BCUT2D eigenvalue weighted by molar-refractivity contribution is -0.118. The average molecular weight is 430 g/mol. The molecule has 0 aliphatic carbocycles. The second-order valence-corrected chi connectivity index (χ2v) is 8.96. The number of ether oxygens (including phenoxy) is 1. The number of rotatable bonds is 7. The van der Waals surface area contributed by atoms with Gasteiger partial charge in [0.25, 0.3) is 5.91 Å². The number of nitrogens with one attached hydrogen (secondary N) is 2. The van der Waals surface area contributed by atoms with E-state index in [0.29, 0.717) is 10.0 Å². The fourth-order valence-electron chi connectivity index (χ4n) is 2.80. The van der Waals surface area contributed by atoms with Gasteiger partial charge in [-0.05, 0) is 48.6 Å². The lowest BCUT2D eigenvalue weighted by atomic mass is 10.0. The number of thiophene rings is 1. The molecule has 3 rings (SSSR count). The predicted molar refractivity (Wildman–Crippen MR) is 118 cm³/mol. The summed E-state index contributed by atoms with van der Waals surface area (Å²) in [6.07, 6.45) is 0. The molecule has 1 atom stereocenters. The number of hydrogen-bond acceptors (Lipinski definition) is 6. The molecule has 2 N–H and O–H groups in total. The fraction of sp³-hybridized carbons (Fsp3) is 0.286. The lowest BCUT2D eigenvalue weighted by Gasteiger charge is -2.20. The Bertz CT molecular complexity index is 979. The van der Waals surface area contributed by atoms with Gasteiger partial charge in [-0.25, -0.2) is 4.98 Å². The topological polar surface area (TPSA) is 80.3 Å². The highest BCUT2D eigenvalue weighted by Gasteiger charge is 2.26. The minimum absolute atomic E-state index is 0.0685. The highest BCUT2D eigenvalue weighted by atomic mass is 32.1. The van der Waals surface area contributed by atoms with Gasteiger partial charge < -0.3 is 15.4 Å². The van der Waals surface area contributed by atoms with E-state index in [1.54, 1.807) is 13.2 Å². The van der Waals surface area contributed by atoms with E-state index in [9.17, 15) is 9.59 Å². The van der Waals surface area contributed by atoms with Gasteiger partial charge in [0, 0.05) is 10.4 Å². The van der Waals surface area contributed by atoms with E-state index in [4.69, 9.17) is 4.74 Å². The molecule has 0 aliphatic heterocycles. The number of aryl methyl sites for hydroxylation is 1. The maximum absolute atomic E-state index is 12.8. The first-order valence-corrected chi connectivity index (χ1v) is 10.9. The van der Waals surface area contributed by atoms with E-state index in [2.05, 4.69) is 15.6 Å². The predicted octanol–water partition coefficient (Wildman–Crippen LogP) is 4.58. The Morgan fingerprint density at radius 2 is 1.86 bits per heavy atom. The third-order valence-electron chi connectivity index (χ3n) is 4.37. The van der Waals surface area contributed by atoms with Gasteiger partial charge in [-0.3, -0.25) is 9.59 Å². The molecule has 0 saturated carbocycles. The average Bonchev–Trinajstić information content (AvgIpc) is 3.35. The van der Waals surface area contributed by atoms with Crippen molar-refractivity contribution < 1.29 is 14.3 Å². The van der Waals surface area contributed by atoms with Crippen LogP contribution in [0, 0.1) is 12.8 Å². The Morgan fingerprint density at radius 1 is 1.14 bits per heavy atom. The van der Waals surface area contributed by atoms with E-state index in [1.807, 2.05) is 56.5 Å². The Labute approximate surface area is 178 Å². The van der Waals surface area contributed by atoms with Gasteiger partial charge in [0.15, 0.2) is 5.13 Å². The number of hydrogen-bond donors (Lipinski definition) is 2. The molecule has 0 radical (unpaired) electrons. The highest BCUT2D eigenvalue weighted by Crippen LogP contribution is 2.31. The van der Waals surface area contributed by atoms with Crippen molar-refractivity contribution in [2.75, 3.05) is 12.4 Å². The van der Waals surface area contributed by atoms with Gasteiger partial charge in [-0.2, -0.15) is 0 Å². The maximum atomic E-state index is 12.8. The normalized spacial score (nSPS) is 11.9. The molecule has 29 heavy (non-hydrogen) atoms. The molecule has 6 nitrogen and oxygen atoms in total. The number of nitrogens with zero attached hydrogens (tertiary/aromatic N) is 1. The first kappa shape index (κ1) is 21.0. The van der Waals surface area contributed by atoms with Crippen LogP contribution in [-0.4, -0.2) is 29.9 Å². The molecule has 1 aromatic carbocycles. The van der Waals surface area contributed by atoms with Crippen molar-refractivity contribution in [3.8, 4) is 17.0 Å². The molecular weight excluding hydrogens is 406 g/mol. The Balaban J connectivity index is 1.73. The molecule has 1 unspecified atom stereocenters. The second kappa shape index (κ2) is 9.19. The minimum atomic E-state index is -0.654. The standard InChI is InChI=1S/C21H23N3O3S2/c1-12(2)17(22-19(25)16-6-5-11-28-16)20(26)24-21-23-18(13(3)29-21)14-7-9-15(27-4)10-8-14/h5-12,17H,1-4H3,(H,22,25)(H,23,24,26). The molecule has 0 bridgehead atoms. The van der Waals surface area contributed by atoms with Crippen molar-refractivity contribution in [2.45, 2.75) is 26.8 Å². The van der Waals surface area contributed by atoms with Gasteiger partial charge >= 0.3 is 0 Å². The summed E-state index contributed by atoms with van der Waals surface area (Å²) in [7, 11) is 1.62. The van der Waals surface area contributed by atoms with Gasteiger partial charge in [0.2, 0.25) is 5.91 Å². The van der Waals surface area contributed by atoms with Crippen LogP contribution in [0.5, 0.6) is 5.75 Å². The van der Waals surface area contributed by atoms with Crippen LogP contribution >= 0.6 is 22.7 Å². The van der Waals surface area contributed by atoms with Crippen LogP contribution in [-0.2, 0) is 4.79 Å². The summed E-state index contributed by atoms with van der Waals surface area (Å²) < 4.78 is 5.19. The first-order chi connectivity index (χ1) is 13.9. The highest BCUT2D eigenvalue weighted by molar-refractivity contribution is 7.16. The minimum Gasteiger partial charge on any atom is -0.497 e. The fourth-order valence-corrected chi connectivity index (χ4v) is 4.27. The van der Waals surface area contributed by atoms with Crippen LogP contribution in [0.4, 0.5) is 5.13 Å². The number of amides is 2. The molecule has 8 heteroatoms. The van der Waals surface area contributed by atoms with Crippen LogP contribution < -0.4 is 15.4 Å². The zero-order chi connectivity index (χ0) is 21.0. The lowest BCUT2D eigenvalue weighted by Crippen LogP contribution is -2.46. The molecule has 0 fully saturated rings. The number of anilines is 1. The Hall–Kier alpha value is -2.71. The molecule has 0 spiro atoms. The smallest absolute Gasteiger partial charge is 0.262 e. The summed E-state index contributed by atoms with van der Waals surface area (Å²) in [5.41, 5.74) is 1.77. The third-order valence-corrected chi connectivity index (χ3v) is 6.13. The van der Waals surface area contributed by atoms with Crippen molar-refractivity contribution >= 4 is 39.6 Å². The number of benzene rings is 1. The van der Waals surface area contributed by atoms with Crippen molar-refractivity contribution in [1.82, 2.24) is 10.3 Å².